The number of hydrogen-bond acceptors (Lipinski definition) is 2. The number of rotatable bonds is 6. The number of aliphatic carboxylic acids is 1. The molecular weight excluding hydrogens is 213 g/mol. The molecule has 0 spiro atoms. The minimum Gasteiger partial charge on any atom is -0.480 e. The molecule has 90 valence electrons. The van der Waals surface area contributed by atoms with Crippen molar-refractivity contribution in [2.75, 3.05) is 6.67 Å². The van der Waals surface area contributed by atoms with E-state index in [2.05, 4.69) is 5.32 Å². The first-order valence-electron chi connectivity index (χ1n) is 5.72. The lowest BCUT2D eigenvalue weighted by molar-refractivity contribution is -0.143. The Morgan fingerprint density at radius 2 is 1.75 bits per heavy atom. The van der Waals surface area contributed by atoms with Crippen LogP contribution in [0.2, 0.25) is 0 Å². The zero-order valence-corrected chi connectivity index (χ0v) is 8.99. The monoisotopic (exact) mass is 229 g/mol. The molecule has 2 saturated carbocycles. The number of carboxylic acids is 1. The number of carboxylic acid groups (broad SMARTS) is 1. The van der Waals surface area contributed by atoms with Gasteiger partial charge in [-0.25, -0.2) is 9.18 Å². The molecule has 2 rings (SSSR count). The third-order valence-electron chi connectivity index (χ3n) is 3.33. The number of nitrogens with one attached hydrogen (secondary N) is 1. The van der Waals surface area contributed by atoms with Crippen molar-refractivity contribution in [1.29, 1.82) is 0 Å². The number of hydrogen-bond donors (Lipinski definition) is 2. The second kappa shape index (κ2) is 4.39. The highest BCUT2D eigenvalue weighted by Crippen LogP contribution is 2.49. The van der Waals surface area contributed by atoms with Crippen molar-refractivity contribution < 1.29 is 19.1 Å². The molecule has 0 bridgehead atoms. The lowest BCUT2D eigenvalue weighted by atomic mass is 9.96. The van der Waals surface area contributed by atoms with Crippen LogP contribution in [0.4, 0.5) is 4.39 Å². The van der Waals surface area contributed by atoms with E-state index in [4.69, 9.17) is 5.11 Å². The summed E-state index contributed by atoms with van der Waals surface area (Å²) in [4.78, 5) is 22.4. The van der Waals surface area contributed by atoms with Crippen LogP contribution in [-0.2, 0) is 9.59 Å². The molecule has 16 heavy (non-hydrogen) atoms. The molecule has 2 N–H and O–H groups in total. The molecule has 2 fully saturated rings. The minimum atomic E-state index is -1.38. The quantitative estimate of drug-likeness (QED) is 0.713. The van der Waals surface area contributed by atoms with Gasteiger partial charge in [0.2, 0.25) is 5.91 Å². The van der Waals surface area contributed by atoms with Gasteiger partial charge in [-0.05, 0) is 37.5 Å². The van der Waals surface area contributed by atoms with E-state index in [1.165, 1.54) is 0 Å². The minimum absolute atomic E-state index is 0.0756. The van der Waals surface area contributed by atoms with E-state index in [0.717, 1.165) is 25.7 Å². The van der Waals surface area contributed by atoms with Crippen LogP contribution in [-0.4, -0.2) is 29.7 Å². The van der Waals surface area contributed by atoms with E-state index in [0.29, 0.717) is 11.8 Å². The summed E-state index contributed by atoms with van der Waals surface area (Å²) in [5.41, 5.74) is 0. The van der Waals surface area contributed by atoms with Crippen LogP contribution in [0, 0.1) is 17.8 Å². The number of amides is 1. The van der Waals surface area contributed by atoms with Crippen LogP contribution in [0.1, 0.15) is 25.7 Å². The Morgan fingerprint density at radius 1 is 1.25 bits per heavy atom. The molecule has 0 aromatic carbocycles. The summed E-state index contributed by atoms with van der Waals surface area (Å²) in [5, 5.41) is 11.0. The summed E-state index contributed by atoms with van der Waals surface area (Å²) >= 11 is 0. The largest absolute Gasteiger partial charge is 0.480 e. The maximum atomic E-state index is 12.4. The van der Waals surface area contributed by atoms with Crippen molar-refractivity contribution >= 4 is 11.9 Å². The van der Waals surface area contributed by atoms with Crippen LogP contribution < -0.4 is 5.32 Å². The predicted octanol–water partition coefficient (Wildman–Crippen LogP) is 0.961. The Hall–Kier alpha value is -1.13. The van der Waals surface area contributed by atoms with Gasteiger partial charge < -0.3 is 10.4 Å². The molecule has 2 aliphatic rings. The van der Waals surface area contributed by atoms with Gasteiger partial charge >= 0.3 is 5.97 Å². The fourth-order valence-corrected chi connectivity index (χ4v) is 2.16. The average molecular weight is 229 g/mol. The molecule has 0 aliphatic heterocycles. The number of carbonyl (C=O) groups is 2. The molecule has 0 aromatic heterocycles. The van der Waals surface area contributed by atoms with Gasteiger partial charge in [0.25, 0.3) is 0 Å². The van der Waals surface area contributed by atoms with Crippen LogP contribution in [0.25, 0.3) is 0 Å². The van der Waals surface area contributed by atoms with Gasteiger partial charge in [-0.1, -0.05) is 0 Å². The highest BCUT2D eigenvalue weighted by atomic mass is 19.1. The number of carbonyl (C=O) groups excluding carboxylic acids is 1. The van der Waals surface area contributed by atoms with Crippen molar-refractivity contribution in [3.63, 3.8) is 0 Å². The van der Waals surface area contributed by atoms with Gasteiger partial charge in [-0.3, -0.25) is 4.79 Å². The maximum absolute atomic E-state index is 12.4. The molecule has 0 heterocycles. The maximum Gasteiger partial charge on any atom is 0.328 e. The third-order valence-corrected chi connectivity index (χ3v) is 3.33. The first kappa shape index (κ1) is 11.4. The zero-order valence-electron chi connectivity index (χ0n) is 8.99. The molecule has 1 atom stereocenters. The predicted molar refractivity (Wildman–Crippen MR) is 54.5 cm³/mol. The normalized spacial score (nSPS) is 21.9. The summed E-state index contributed by atoms with van der Waals surface area (Å²) in [6.45, 7) is -1.05. The highest BCUT2D eigenvalue weighted by Gasteiger charge is 2.46. The molecule has 0 aromatic rings. The van der Waals surface area contributed by atoms with E-state index in [1.807, 2.05) is 0 Å². The van der Waals surface area contributed by atoms with E-state index in [9.17, 15) is 14.0 Å². The third kappa shape index (κ3) is 2.51. The van der Waals surface area contributed by atoms with Gasteiger partial charge in [-0.15, -0.1) is 0 Å². The first-order chi connectivity index (χ1) is 7.63. The molecule has 5 heteroatoms. The standard InChI is InChI=1S/C11H16FNO3/c12-5-8(11(15)16)13-10(14)9(6-1-2-6)7-3-4-7/h6-9H,1-5H2,(H,13,14)(H,15,16). The van der Waals surface area contributed by atoms with Gasteiger partial charge in [0, 0.05) is 5.92 Å². The summed E-state index contributed by atoms with van der Waals surface area (Å²) in [6, 6.07) is -1.38. The Bertz CT molecular complexity index is 288. The molecule has 1 amide bonds. The van der Waals surface area contributed by atoms with E-state index >= 15 is 0 Å². The summed E-state index contributed by atoms with van der Waals surface area (Å²) in [7, 11) is 0. The fraction of sp³-hybridized carbons (Fsp3) is 0.818. The second-order valence-corrected chi connectivity index (χ2v) is 4.75. The zero-order chi connectivity index (χ0) is 11.7. The van der Waals surface area contributed by atoms with Crippen molar-refractivity contribution in [2.45, 2.75) is 31.7 Å². The highest BCUT2D eigenvalue weighted by molar-refractivity contribution is 5.85. The number of halogens is 1. The van der Waals surface area contributed by atoms with Crippen molar-refractivity contribution in [3.05, 3.63) is 0 Å². The van der Waals surface area contributed by atoms with Crippen molar-refractivity contribution in [3.8, 4) is 0 Å². The first-order valence-corrected chi connectivity index (χ1v) is 5.72. The van der Waals surface area contributed by atoms with Crippen molar-refractivity contribution in [2.24, 2.45) is 17.8 Å². The molecule has 2 aliphatic carbocycles. The lowest BCUT2D eigenvalue weighted by Crippen LogP contribution is -2.45. The smallest absolute Gasteiger partial charge is 0.328 e. The molecule has 0 saturated heterocycles. The Labute approximate surface area is 93.2 Å². The molecule has 1 unspecified atom stereocenters. The van der Waals surface area contributed by atoms with Gasteiger partial charge in [0.05, 0.1) is 0 Å². The van der Waals surface area contributed by atoms with Crippen LogP contribution >= 0.6 is 0 Å². The van der Waals surface area contributed by atoms with Gasteiger partial charge in [0.1, 0.15) is 6.67 Å². The molecular formula is C11H16FNO3. The lowest BCUT2D eigenvalue weighted by Gasteiger charge is -2.18. The Balaban J connectivity index is 1.91. The summed E-state index contributed by atoms with van der Waals surface area (Å²) in [6.07, 6.45) is 4.17. The summed E-state index contributed by atoms with van der Waals surface area (Å²) < 4.78 is 12.4. The second-order valence-electron chi connectivity index (χ2n) is 4.75. The summed E-state index contributed by atoms with van der Waals surface area (Å²) in [5.74, 6) is -0.840. The average Bonchev–Trinajstić information content (AvgIpc) is 3.07. The van der Waals surface area contributed by atoms with Crippen LogP contribution in [0.5, 0.6) is 0 Å². The Kier molecular flexibility index (Phi) is 3.12. The van der Waals surface area contributed by atoms with E-state index < -0.39 is 18.7 Å². The van der Waals surface area contributed by atoms with Crippen molar-refractivity contribution in [1.82, 2.24) is 5.32 Å². The SMILES string of the molecule is O=C(O)C(CF)NC(=O)C(C1CC1)C1CC1. The van der Waals surface area contributed by atoms with Gasteiger partial charge in [0.15, 0.2) is 6.04 Å². The topological polar surface area (TPSA) is 66.4 Å². The molecule has 4 nitrogen and oxygen atoms in total. The number of alkyl halides is 1. The van der Waals surface area contributed by atoms with E-state index in [-0.39, 0.29) is 11.8 Å². The van der Waals surface area contributed by atoms with Gasteiger partial charge in [-0.2, -0.15) is 0 Å². The molecule has 0 radical (unpaired) electrons. The Morgan fingerprint density at radius 3 is 2.06 bits per heavy atom. The fourth-order valence-electron chi connectivity index (χ4n) is 2.16. The van der Waals surface area contributed by atoms with Crippen LogP contribution in [0.15, 0.2) is 0 Å². The van der Waals surface area contributed by atoms with E-state index in [1.54, 1.807) is 0 Å². The van der Waals surface area contributed by atoms with Crippen LogP contribution in [0.3, 0.4) is 0 Å².